The largest absolute Gasteiger partial charge is 0.481 e. The van der Waals surface area contributed by atoms with Gasteiger partial charge in [-0.3, -0.25) is 4.79 Å². The van der Waals surface area contributed by atoms with Crippen molar-refractivity contribution >= 4 is 5.97 Å². The fraction of sp³-hybridized carbons (Fsp3) is 0.364. The van der Waals surface area contributed by atoms with Gasteiger partial charge in [-0.05, 0) is 12.0 Å². The molecule has 1 aromatic rings. The Bertz CT molecular complexity index is 346. The number of alkyl halides is 3. The van der Waals surface area contributed by atoms with Crippen molar-refractivity contribution in [3.8, 4) is 0 Å². The highest BCUT2D eigenvalue weighted by molar-refractivity contribution is 5.70. The van der Waals surface area contributed by atoms with Crippen LogP contribution in [-0.2, 0) is 11.2 Å². The third-order valence-electron chi connectivity index (χ3n) is 2.15. The molecule has 0 aliphatic rings. The lowest BCUT2D eigenvalue weighted by Crippen LogP contribution is -2.24. The van der Waals surface area contributed by atoms with Crippen LogP contribution in [0.15, 0.2) is 30.3 Å². The van der Waals surface area contributed by atoms with Crippen molar-refractivity contribution in [1.29, 1.82) is 0 Å². The number of hydrogen-bond acceptors (Lipinski definition) is 1. The molecule has 0 spiro atoms. The summed E-state index contributed by atoms with van der Waals surface area (Å²) < 4.78 is 36.3. The summed E-state index contributed by atoms with van der Waals surface area (Å²) in [6.07, 6.45) is -5.84. The highest BCUT2D eigenvalue weighted by atomic mass is 19.4. The van der Waals surface area contributed by atoms with Gasteiger partial charge in [0.05, 0.1) is 12.3 Å². The summed E-state index contributed by atoms with van der Waals surface area (Å²) in [5.74, 6) is -2.83. The van der Waals surface area contributed by atoms with Gasteiger partial charge in [0, 0.05) is 0 Å². The molecular weight excluding hydrogens is 221 g/mol. The average molecular weight is 232 g/mol. The Labute approximate surface area is 90.7 Å². The average Bonchev–Trinajstić information content (AvgIpc) is 2.16. The Balaban J connectivity index is 2.70. The van der Waals surface area contributed by atoms with Crippen molar-refractivity contribution in [2.75, 3.05) is 0 Å². The molecule has 1 aromatic carbocycles. The minimum absolute atomic E-state index is 0.102. The predicted molar refractivity (Wildman–Crippen MR) is 51.9 cm³/mol. The molecular formula is C11H11F3O2. The Hall–Kier alpha value is -1.52. The second-order valence-corrected chi connectivity index (χ2v) is 3.54. The lowest BCUT2D eigenvalue weighted by atomic mass is 9.96. The number of carboxylic acids is 1. The molecule has 0 saturated heterocycles. The van der Waals surface area contributed by atoms with Gasteiger partial charge in [0.25, 0.3) is 0 Å². The summed E-state index contributed by atoms with van der Waals surface area (Å²) in [6.45, 7) is 0. The van der Waals surface area contributed by atoms with E-state index in [9.17, 15) is 18.0 Å². The van der Waals surface area contributed by atoms with Gasteiger partial charge in [0.2, 0.25) is 0 Å². The Morgan fingerprint density at radius 3 is 2.25 bits per heavy atom. The van der Waals surface area contributed by atoms with E-state index in [1.807, 2.05) is 0 Å². The van der Waals surface area contributed by atoms with Gasteiger partial charge in [0.15, 0.2) is 0 Å². The summed E-state index contributed by atoms with van der Waals surface area (Å²) >= 11 is 0. The summed E-state index contributed by atoms with van der Waals surface area (Å²) in [7, 11) is 0. The summed E-state index contributed by atoms with van der Waals surface area (Å²) in [6, 6.07) is 8.30. The number of hydrogen-bond donors (Lipinski definition) is 1. The molecule has 1 rings (SSSR count). The van der Waals surface area contributed by atoms with E-state index in [-0.39, 0.29) is 6.42 Å². The van der Waals surface area contributed by atoms with Gasteiger partial charge >= 0.3 is 12.1 Å². The van der Waals surface area contributed by atoms with E-state index in [1.165, 1.54) is 0 Å². The fourth-order valence-electron chi connectivity index (χ4n) is 1.42. The topological polar surface area (TPSA) is 37.3 Å². The van der Waals surface area contributed by atoms with Crippen LogP contribution in [0.3, 0.4) is 0 Å². The van der Waals surface area contributed by atoms with Crippen LogP contribution < -0.4 is 0 Å². The molecule has 0 fully saturated rings. The molecule has 0 aliphatic heterocycles. The van der Waals surface area contributed by atoms with Crippen molar-refractivity contribution in [3.63, 3.8) is 0 Å². The van der Waals surface area contributed by atoms with Gasteiger partial charge in [-0.25, -0.2) is 0 Å². The van der Waals surface area contributed by atoms with E-state index in [0.717, 1.165) is 0 Å². The van der Waals surface area contributed by atoms with E-state index in [0.29, 0.717) is 5.56 Å². The van der Waals surface area contributed by atoms with Crippen molar-refractivity contribution in [3.05, 3.63) is 35.9 Å². The van der Waals surface area contributed by atoms with E-state index in [4.69, 9.17) is 5.11 Å². The molecule has 16 heavy (non-hydrogen) atoms. The first-order chi connectivity index (χ1) is 7.38. The molecule has 0 radical (unpaired) electrons. The molecule has 2 nitrogen and oxygen atoms in total. The maximum Gasteiger partial charge on any atom is 0.389 e. The highest BCUT2D eigenvalue weighted by Crippen LogP contribution is 2.27. The summed E-state index contributed by atoms with van der Waals surface area (Å²) in [4.78, 5) is 10.7. The van der Waals surface area contributed by atoms with Crippen molar-refractivity contribution in [2.24, 2.45) is 5.92 Å². The zero-order valence-corrected chi connectivity index (χ0v) is 8.37. The minimum Gasteiger partial charge on any atom is -0.481 e. The van der Waals surface area contributed by atoms with Gasteiger partial charge in [-0.2, -0.15) is 13.2 Å². The molecule has 0 amide bonds. The Morgan fingerprint density at radius 2 is 1.81 bits per heavy atom. The van der Waals surface area contributed by atoms with Crippen molar-refractivity contribution < 1.29 is 23.1 Å². The van der Waals surface area contributed by atoms with Crippen LogP contribution in [0.4, 0.5) is 13.2 Å². The highest BCUT2D eigenvalue weighted by Gasteiger charge is 2.35. The van der Waals surface area contributed by atoms with Crippen LogP contribution >= 0.6 is 0 Å². The fourth-order valence-corrected chi connectivity index (χ4v) is 1.42. The first-order valence-corrected chi connectivity index (χ1v) is 4.72. The van der Waals surface area contributed by atoms with Crippen LogP contribution in [0.1, 0.15) is 12.0 Å². The SMILES string of the molecule is O=C(O)C(Cc1ccccc1)CC(F)(F)F. The van der Waals surface area contributed by atoms with Gasteiger partial charge < -0.3 is 5.11 Å². The third kappa shape index (κ3) is 4.33. The van der Waals surface area contributed by atoms with Gasteiger partial charge in [-0.1, -0.05) is 30.3 Å². The maximum atomic E-state index is 12.1. The molecule has 0 aliphatic carbocycles. The Morgan fingerprint density at radius 1 is 1.25 bits per heavy atom. The van der Waals surface area contributed by atoms with Crippen LogP contribution in [0.5, 0.6) is 0 Å². The number of aliphatic carboxylic acids is 1. The minimum atomic E-state index is -4.45. The zero-order chi connectivity index (χ0) is 12.2. The second-order valence-electron chi connectivity index (χ2n) is 3.54. The van der Waals surface area contributed by atoms with Crippen LogP contribution in [0.2, 0.25) is 0 Å². The summed E-state index contributed by atoms with van der Waals surface area (Å²) in [5, 5.41) is 8.70. The molecule has 1 unspecified atom stereocenters. The van der Waals surface area contributed by atoms with Gasteiger partial charge in [0.1, 0.15) is 0 Å². The van der Waals surface area contributed by atoms with Crippen molar-refractivity contribution in [1.82, 2.24) is 0 Å². The molecule has 0 saturated carbocycles. The van der Waals surface area contributed by atoms with E-state index < -0.39 is 24.5 Å². The standard InChI is InChI=1S/C11H11F3O2/c12-11(13,14)7-9(10(15)16)6-8-4-2-1-3-5-8/h1-5,9H,6-7H2,(H,15,16). The second kappa shape index (κ2) is 5.01. The predicted octanol–water partition coefficient (Wildman–Crippen LogP) is 2.88. The maximum absolute atomic E-state index is 12.1. The quantitative estimate of drug-likeness (QED) is 0.866. The van der Waals surface area contributed by atoms with E-state index in [2.05, 4.69) is 0 Å². The molecule has 0 heterocycles. The molecule has 0 bridgehead atoms. The zero-order valence-electron chi connectivity index (χ0n) is 8.37. The van der Waals surface area contributed by atoms with Crippen LogP contribution in [-0.4, -0.2) is 17.3 Å². The lowest BCUT2D eigenvalue weighted by Gasteiger charge is -2.14. The smallest absolute Gasteiger partial charge is 0.389 e. The molecule has 5 heteroatoms. The number of carbonyl (C=O) groups is 1. The normalized spacial score (nSPS) is 13.4. The molecule has 1 atom stereocenters. The van der Waals surface area contributed by atoms with E-state index >= 15 is 0 Å². The van der Waals surface area contributed by atoms with E-state index in [1.54, 1.807) is 30.3 Å². The molecule has 0 aromatic heterocycles. The van der Waals surface area contributed by atoms with Crippen molar-refractivity contribution in [2.45, 2.75) is 19.0 Å². The number of halogens is 3. The third-order valence-corrected chi connectivity index (χ3v) is 2.15. The number of benzene rings is 1. The monoisotopic (exact) mass is 232 g/mol. The lowest BCUT2D eigenvalue weighted by molar-refractivity contribution is -0.163. The van der Waals surface area contributed by atoms with Gasteiger partial charge in [-0.15, -0.1) is 0 Å². The molecule has 88 valence electrons. The number of carboxylic acid groups (broad SMARTS) is 1. The molecule has 1 N–H and O–H groups in total. The van der Waals surface area contributed by atoms with Crippen LogP contribution in [0, 0.1) is 5.92 Å². The summed E-state index contributed by atoms with van der Waals surface area (Å²) in [5.41, 5.74) is 0.596. The number of rotatable bonds is 4. The first kappa shape index (κ1) is 12.5. The first-order valence-electron chi connectivity index (χ1n) is 4.72. The van der Waals surface area contributed by atoms with Crippen LogP contribution in [0.25, 0.3) is 0 Å². The Kier molecular flexibility index (Phi) is 3.93.